The summed E-state index contributed by atoms with van der Waals surface area (Å²) in [7, 11) is 0. The fourth-order valence-electron chi connectivity index (χ4n) is 2.89. The van der Waals surface area contributed by atoms with Crippen molar-refractivity contribution in [1.82, 2.24) is 0 Å². The van der Waals surface area contributed by atoms with E-state index in [2.05, 4.69) is 53.5 Å². The Kier molecular flexibility index (Phi) is 4.35. The van der Waals surface area contributed by atoms with Gasteiger partial charge in [0.05, 0.1) is 10.7 Å². The molecule has 1 fully saturated rings. The minimum absolute atomic E-state index is 0.504. The van der Waals surface area contributed by atoms with Crippen molar-refractivity contribution in [2.24, 2.45) is 0 Å². The van der Waals surface area contributed by atoms with E-state index in [-0.39, 0.29) is 0 Å². The normalized spacial score (nSPS) is 16.0. The highest BCUT2D eigenvalue weighted by atomic mass is 35.5. The number of halogens is 1. The number of anilines is 2. The third kappa shape index (κ3) is 3.51. The first kappa shape index (κ1) is 14.3. The van der Waals surface area contributed by atoms with Crippen molar-refractivity contribution in [3.8, 4) is 0 Å². The average molecular weight is 301 g/mol. The monoisotopic (exact) mass is 300 g/mol. The SMILES string of the molecule is Cc1ccc(Cl)c(NC2CCN(c3ccccc3)CC2)c1. The Balaban J connectivity index is 1.60. The van der Waals surface area contributed by atoms with Crippen molar-refractivity contribution in [2.75, 3.05) is 23.3 Å². The molecule has 0 unspecified atom stereocenters. The minimum atomic E-state index is 0.504. The lowest BCUT2D eigenvalue weighted by atomic mass is 10.0. The van der Waals surface area contributed by atoms with E-state index in [9.17, 15) is 0 Å². The Morgan fingerprint density at radius 3 is 2.48 bits per heavy atom. The molecule has 110 valence electrons. The Bertz CT molecular complexity index is 589. The first-order chi connectivity index (χ1) is 10.2. The molecule has 2 aromatic rings. The quantitative estimate of drug-likeness (QED) is 0.881. The van der Waals surface area contributed by atoms with E-state index in [1.54, 1.807) is 0 Å². The number of piperidine rings is 1. The van der Waals surface area contributed by atoms with Gasteiger partial charge in [-0.1, -0.05) is 35.9 Å². The smallest absolute Gasteiger partial charge is 0.0637 e. The number of para-hydroxylation sites is 1. The molecular formula is C18H21ClN2. The van der Waals surface area contributed by atoms with Crippen molar-refractivity contribution in [2.45, 2.75) is 25.8 Å². The molecule has 0 spiro atoms. The van der Waals surface area contributed by atoms with Gasteiger partial charge in [0.2, 0.25) is 0 Å². The van der Waals surface area contributed by atoms with Crippen LogP contribution in [-0.4, -0.2) is 19.1 Å². The molecule has 0 saturated carbocycles. The summed E-state index contributed by atoms with van der Waals surface area (Å²) < 4.78 is 0. The zero-order valence-corrected chi connectivity index (χ0v) is 13.1. The number of benzene rings is 2. The molecular weight excluding hydrogens is 280 g/mol. The highest BCUT2D eigenvalue weighted by Gasteiger charge is 2.19. The van der Waals surface area contributed by atoms with Gasteiger partial charge in [-0.2, -0.15) is 0 Å². The maximum atomic E-state index is 6.27. The van der Waals surface area contributed by atoms with E-state index in [1.807, 2.05) is 12.1 Å². The molecule has 0 atom stereocenters. The molecule has 1 saturated heterocycles. The van der Waals surface area contributed by atoms with Crippen molar-refractivity contribution in [3.63, 3.8) is 0 Å². The third-order valence-corrected chi connectivity index (χ3v) is 4.43. The molecule has 1 aliphatic heterocycles. The summed E-state index contributed by atoms with van der Waals surface area (Å²) in [5.74, 6) is 0. The van der Waals surface area contributed by atoms with Crippen LogP contribution in [0, 0.1) is 6.92 Å². The summed E-state index contributed by atoms with van der Waals surface area (Å²) in [6.45, 7) is 4.27. The first-order valence-electron chi connectivity index (χ1n) is 7.55. The fourth-order valence-corrected chi connectivity index (χ4v) is 3.06. The highest BCUT2D eigenvalue weighted by molar-refractivity contribution is 6.33. The molecule has 3 rings (SSSR count). The lowest BCUT2D eigenvalue weighted by Gasteiger charge is -2.34. The van der Waals surface area contributed by atoms with Gasteiger partial charge >= 0.3 is 0 Å². The molecule has 21 heavy (non-hydrogen) atoms. The maximum Gasteiger partial charge on any atom is 0.0637 e. The summed E-state index contributed by atoms with van der Waals surface area (Å²) in [4.78, 5) is 2.45. The molecule has 2 nitrogen and oxygen atoms in total. The molecule has 1 heterocycles. The van der Waals surface area contributed by atoms with Gasteiger partial charge < -0.3 is 10.2 Å². The molecule has 2 aromatic carbocycles. The standard InChI is InChI=1S/C18H21ClN2/c1-14-7-8-17(19)18(13-14)20-15-9-11-21(12-10-15)16-5-3-2-4-6-16/h2-8,13,15,20H,9-12H2,1H3. The highest BCUT2D eigenvalue weighted by Crippen LogP contribution is 2.26. The van der Waals surface area contributed by atoms with Gasteiger partial charge in [-0.15, -0.1) is 0 Å². The van der Waals surface area contributed by atoms with Crippen LogP contribution in [0.2, 0.25) is 5.02 Å². The number of nitrogens with one attached hydrogen (secondary N) is 1. The van der Waals surface area contributed by atoms with Crippen LogP contribution in [0.3, 0.4) is 0 Å². The summed E-state index contributed by atoms with van der Waals surface area (Å²) in [6.07, 6.45) is 2.28. The Morgan fingerprint density at radius 2 is 1.76 bits per heavy atom. The van der Waals surface area contributed by atoms with Gasteiger partial charge in [0.1, 0.15) is 0 Å². The number of hydrogen-bond acceptors (Lipinski definition) is 2. The predicted octanol–water partition coefficient (Wildman–Crippen LogP) is 4.73. The molecule has 0 aliphatic carbocycles. The molecule has 1 aliphatic rings. The van der Waals surface area contributed by atoms with Crippen molar-refractivity contribution in [3.05, 3.63) is 59.1 Å². The third-order valence-electron chi connectivity index (χ3n) is 4.10. The van der Waals surface area contributed by atoms with Gasteiger partial charge in [-0.25, -0.2) is 0 Å². The van der Waals surface area contributed by atoms with Crippen LogP contribution in [-0.2, 0) is 0 Å². The van der Waals surface area contributed by atoms with Crippen LogP contribution in [0.1, 0.15) is 18.4 Å². The topological polar surface area (TPSA) is 15.3 Å². The van der Waals surface area contributed by atoms with Crippen LogP contribution >= 0.6 is 11.6 Å². The zero-order valence-electron chi connectivity index (χ0n) is 12.3. The van der Waals surface area contributed by atoms with Crippen molar-refractivity contribution >= 4 is 23.0 Å². The lowest BCUT2D eigenvalue weighted by molar-refractivity contribution is 0.527. The Morgan fingerprint density at radius 1 is 1.05 bits per heavy atom. The van der Waals surface area contributed by atoms with Gasteiger partial charge in [-0.05, 0) is 49.6 Å². The lowest BCUT2D eigenvalue weighted by Crippen LogP contribution is -2.39. The number of rotatable bonds is 3. The van der Waals surface area contributed by atoms with E-state index in [1.165, 1.54) is 11.3 Å². The van der Waals surface area contributed by atoms with Gasteiger partial charge in [0.25, 0.3) is 0 Å². The number of hydrogen-bond donors (Lipinski definition) is 1. The second kappa shape index (κ2) is 6.40. The van der Waals surface area contributed by atoms with E-state index in [0.29, 0.717) is 6.04 Å². The van der Waals surface area contributed by atoms with Crippen LogP contribution in [0.15, 0.2) is 48.5 Å². The molecule has 1 N–H and O–H groups in total. The second-order valence-corrected chi connectivity index (χ2v) is 6.13. The second-order valence-electron chi connectivity index (χ2n) is 5.72. The van der Waals surface area contributed by atoms with Gasteiger partial charge in [0.15, 0.2) is 0 Å². The summed E-state index contributed by atoms with van der Waals surface area (Å²) in [5, 5.41) is 4.41. The molecule has 0 bridgehead atoms. The molecule has 3 heteroatoms. The molecule has 0 radical (unpaired) electrons. The van der Waals surface area contributed by atoms with Gasteiger partial charge in [-0.3, -0.25) is 0 Å². The van der Waals surface area contributed by atoms with Crippen LogP contribution in [0.25, 0.3) is 0 Å². The van der Waals surface area contributed by atoms with Crippen LogP contribution in [0.5, 0.6) is 0 Å². The van der Waals surface area contributed by atoms with Crippen molar-refractivity contribution in [1.29, 1.82) is 0 Å². The first-order valence-corrected chi connectivity index (χ1v) is 7.93. The zero-order chi connectivity index (χ0) is 14.7. The van der Waals surface area contributed by atoms with E-state index in [0.717, 1.165) is 36.6 Å². The summed E-state index contributed by atoms with van der Waals surface area (Å²) in [6, 6.07) is 17.3. The van der Waals surface area contributed by atoms with Crippen molar-refractivity contribution < 1.29 is 0 Å². The van der Waals surface area contributed by atoms with Crippen LogP contribution in [0.4, 0.5) is 11.4 Å². The number of aryl methyl sites for hydroxylation is 1. The van der Waals surface area contributed by atoms with E-state index >= 15 is 0 Å². The summed E-state index contributed by atoms with van der Waals surface area (Å²) >= 11 is 6.27. The van der Waals surface area contributed by atoms with E-state index in [4.69, 9.17) is 11.6 Å². The minimum Gasteiger partial charge on any atom is -0.381 e. The molecule has 0 aromatic heterocycles. The summed E-state index contributed by atoms with van der Waals surface area (Å²) in [5.41, 5.74) is 3.63. The van der Waals surface area contributed by atoms with Gasteiger partial charge in [0, 0.05) is 24.8 Å². The Hall–Kier alpha value is -1.67. The molecule has 0 amide bonds. The predicted molar refractivity (Wildman–Crippen MR) is 91.5 cm³/mol. The fraction of sp³-hybridized carbons (Fsp3) is 0.333. The van der Waals surface area contributed by atoms with Crippen LogP contribution < -0.4 is 10.2 Å². The Labute approximate surface area is 131 Å². The number of nitrogens with zero attached hydrogens (tertiary/aromatic N) is 1. The van der Waals surface area contributed by atoms with E-state index < -0.39 is 0 Å². The maximum absolute atomic E-state index is 6.27. The average Bonchev–Trinajstić information content (AvgIpc) is 2.53. The largest absolute Gasteiger partial charge is 0.381 e.